The maximum atomic E-state index is 13.0. The highest BCUT2D eigenvalue weighted by Gasteiger charge is 2.57. The molecule has 152 valence electrons. The summed E-state index contributed by atoms with van der Waals surface area (Å²) in [5, 5.41) is 0. The van der Waals surface area contributed by atoms with E-state index in [-0.39, 0.29) is 23.8 Å². The molecule has 28 heavy (non-hydrogen) atoms. The molecule has 0 atom stereocenters. The zero-order valence-electron chi connectivity index (χ0n) is 17.4. The van der Waals surface area contributed by atoms with Gasteiger partial charge in [-0.25, -0.2) is 4.79 Å². The monoisotopic (exact) mass is 386 g/mol. The summed E-state index contributed by atoms with van der Waals surface area (Å²) in [5.74, 6) is 0.104. The maximum Gasteiger partial charge on any atom is 0.327 e. The number of imide groups is 1. The standard InChI is InChI=1S/C21H30N4O3/c1-15(2)14-25-20(28)23(5)19(27)21(25)9-11-24(12-10-21)18(26)16-7-6-8-17(13-16)22(3)4/h6-8,13,15H,9-12,14H2,1-5H3. The number of anilines is 1. The molecule has 0 saturated carbocycles. The van der Waals surface area contributed by atoms with Gasteiger partial charge in [-0.15, -0.1) is 0 Å². The van der Waals surface area contributed by atoms with Crippen molar-refractivity contribution < 1.29 is 14.4 Å². The van der Waals surface area contributed by atoms with E-state index in [0.717, 1.165) is 5.69 Å². The predicted molar refractivity (Wildman–Crippen MR) is 108 cm³/mol. The van der Waals surface area contributed by atoms with E-state index in [1.54, 1.807) is 16.8 Å². The third-order valence-corrected chi connectivity index (χ3v) is 5.77. The summed E-state index contributed by atoms with van der Waals surface area (Å²) >= 11 is 0. The summed E-state index contributed by atoms with van der Waals surface area (Å²) < 4.78 is 0. The quantitative estimate of drug-likeness (QED) is 0.745. The molecule has 3 rings (SSSR count). The van der Waals surface area contributed by atoms with Gasteiger partial charge in [0.2, 0.25) is 0 Å². The van der Waals surface area contributed by atoms with E-state index in [4.69, 9.17) is 0 Å². The van der Waals surface area contributed by atoms with Gasteiger partial charge in [0, 0.05) is 52.0 Å². The molecule has 0 aromatic heterocycles. The molecule has 1 aromatic rings. The van der Waals surface area contributed by atoms with E-state index in [1.165, 1.54) is 4.90 Å². The van der Waals surface area contributed by atoms with Crippen LogP contribution in [0.1, 0.15) is 37.0 Å². The fourth-order valence-electron chi connectivity index (χ4n) is 4.16. The van der Waals surface area contributed by atoms with Crippen LogP contribution >= 0.6 is 0 Å². The molecule has 2 aliphatic heterocycles. The van der Waals surface area contributed by atoms with E-state index in [1.807, 2.05) is 57.1 Å². The van der Waals surface area contributed by atoms with Gasteiger partial charge in [-0.1, -0.05) is 19.9 Å². The number of urea groups is 1. The SMILES string of the molecule is CC(C)CN1C(=O)N(C)C(=O)C12CCN(C(=O)c1cccc(N(C)C)c1)CC2. The van der Waals surface area contributed by atoms with Crippen LogP contribution in [0.3, 0.4) is 0 Å². The average Bonchev–Trinajstić information content (AvgIpc) is 2.84. The predicted octanol–water partition coefficient (Wildman–Crippen LogP) is 2.28. The lowest BCUT2D eigenvalue weighted by Gasteiger charge is -2.42. The van der Waals surface area contributed by atoms with Crippen molar-refractivity contribution in [2.75, 3.05) is 45.7 Å². The Morgan fingerprint density at radius 2 is 1.82 bits per heavy atom. The van der Waals surface area contributed by atoms with Gasteiger partial charge in [-0.2, -0.15) is 0 Å². The van der Waals surface area contributed by atoms with Crippen molar-refractivity contribution in [3.8, 4) is 0 Å². The largest absolute Gasteiger partial charge is 0.378 e. The molecule has 1 spiro atoms. The lowest BCUT2D eigenvalue weighted by Crippen LogP contribution is -2.58. The second-order valence-electron chi connectivity index (χ2n) is 8.42. The normalized spacial score (nSPS) is 19.1. The molecule has 2 saturated heterocycles. The van der Waals surface area contributed by atoms with Gasteiger partial charge in [0.25, 0.3) is 11.8 Å². The number of piperidine rings is 1. The summed E-state index contributed by atoms with van der Waals surface area (Å²) in [4.78, 5) is 45.2. The zero-order chi connectivity index (χ0) is 20.6. The molecule has 7 heteroatoms. The van der Waals surface area contributed by atoms with E-state index in [9.17, 15) is 14.4 Å². The summed E-state index contributed by atoms with van der Waals surface area (Å²) in [6.45, 7) is 5.56. The van der Waals surface area contributed by atoms with Crippen LogP contribution in [-0.2, 0) is 4.79 Å². The molecular formula is C21H30N4O3. The summed E-state index contributed by atoms with van der Waals surface area (Å²) in [5.41, 5.74) is 0.811. The fraction of sp³-hybridized carbons (Fsp3) is 0.571. The molecule has 0 unspecified atom stereocenters. The Labute approximate surface area is 166 Å². The van der Waals surface area contributed by atoms with E-state index in [0.29, 0.717) is 38.0 Å². The van der Waals surface area contributed by atoms with Crippen molar-refractivity contribution in [1.29, 1.82) is 0 Å². The number of rotatable bonds is 4. The van der Waals surface area contributed by atoms with Gasteiger partial charge in [-0.05, 0) is 37.0 Å². The fourth-order valence-corrected chi connectivity index (χ4v) is 4.16. The topological polar surface area (TPSA) is 64.2 Å². The Morgan fingerprint density at radius 1 is 1.18 bits per heavy atom. The maximum absolute atomic E-state index is 13.0. The second-order valence-corrected chi connectivity index (χ2v) is 8.42. The number of nitrogens with zero attached hydrogens (tertiary/aromatic N) is 4. The molecule has 0 N–H and O–H groups in total. The molecule has 0 aliphatic carbocycles. The van der Waals surface area contributed by atoms with Gasteiger partial charge in [0.1, 0.15) is 5.54 Å². The van der Waals surface area contributed by atoms with Crippen LogP contribution in [-0.4, -0.2) is 78.9 Å². The highest BCUT2D eigenvalue weighted by molar-refractivity contribution is 6.07. The third-order valence-electron chi connectivity index (χ3n) is 5.77. The zero-order valence-corrected chi connectivity index (χ0v) is 17.4. The lowest BCUT2D eigenvalue weighted by atomic mass is 9.85. The van der Waals surface area contributed by atoms with Crippen LogP contribution in [0.15, 0.2) is 24.3 Å². The van der Waals surface area contributed by atoms with E-state index < -0.39 is 5.54 Å². The first-order valence-corrected chi connectivity index (χ1v) is 9.84. The number of likely N-dealkylation sites (tertiary alicyclic amines) is 1. The van der Waals surface area contributed by atoms with E-state index >= 15 is 0 Å². The van der Waals surface area contributed by atoms with Gasteiger partial charge in [-0.3, -0.25) is 14.5 Å². The van der Waals surface area contributed by atoms with Crippen molar-refractivity contribution in [3.63, 3.8) is 0 Å². The molecule has 7 nitrogen and oxygen atoms in total. The smallest absolute Gasteiger partial charge is 0.327 e. The molecular weight excluding hydrogens is 356 g/mol. The van der Waals surface area contributed by atoms with Crippen LogP contribution in [0, 0.1) is 5.92 Å². The molecule has 2 aliphatic rings. The molecule has 2 fully saturated rings. The van der Waals surface area contributed by atoms with Crippen LogP contribution in [0.5, 0.6) is 0 Å². The van der Waals surface area contributed by atoms with Crippen LogP contribution in [0.25, 0.3) is 0 Å². The number of benzene rings is 1. The first-order chi connectivity index (χ1) is 13.2. The van der Waals surface area contributed by atoms with Crippen molar-refractivity contribution in [1.82, 2.24) is 14.7 Å². The second kappa shape index (κ2) is 7.45. The highest BCUT2D eigenvalue weighted by atomic mass is 16.2. The van der Waals surface area contributed by atoms with Gasteiger partial charge in [0.05, 0.1) is 0 Å². The van der Waals surface area contributed by atoms with Crippen LogP contribution in [0.2, 0.25) is 0 Å². The Balaban J connectivity index is 1.77. The van der Waals surface area contributed by atoms with E-state index in [2.05, 4.69) is 0 Å². The minimum atomic E-state index is -0.807. The Bertz CT molecular complexity index is 782. The molecule has 2 heterocycles. The summed E-state index contributed by atoms with van der Waals surface area (Å²) in [6.07, 6.45) is 0.960. The summed E-state index contributed by atoms with van der Waals surface area (Å²) in [7, 11) is 5.44. The number of likely N-dealkylation sites (N-methyl/N-ethyl adjacent to an activating group) is 1. The average molecular weight is 386 g/mol. The highest BCUT2D eigenvalue weighted by Crippen LogP contribution is 2.37. The number of hydrogen-bond donors (Lipinski definition) is 0. The third kappa shape index (κ3) is 3.34. The minimum Gasteiger partial charge on any atom is -0.378 e. The number of carbonyl (C=O) groups excluding carboxylic acids is 3. The van der Waals surface area contributed by atoms with Gasteiger partial charge < -0.3 is 14.7 Å². The van der Waals surface area contributed by atoms with Crippen LogP contribution in [0.4, 0.5) is 10.5 Å². The molecule has 0 radical (unpaired) electrons. The Hall–Kier alpha value is -2.57. The molecule has 4 amide bonds. The van der Waals surface area contributed by atoms with Gasteiger partial charge >= 0.3 is 6.03 Å². The van der Waals surface area contributed by atoms with Crippen molar-refractivity contribution >= 4 is 23.5 Å². The van der Waals surface area contributed by atoms with Gasteiger partial charge in [0.15, 0.2) is 0 Å². The lowest BCUT2D eigenvalue weighted by molar-refractivity contribution is -0.134. The van der Waals surface area contributed by atoms with Crippen molar-refractivity contribution in [3.05, 3.63) is 29.8 Å². The first-order valence-electron chi connectivity index (χ1n) is 9.84. The Kier molecular flexibility index (Phi) is 5.37. The van der Waals surface area contributed by atoms with Crippen molar-refractivity contribution in [2.24, 2.45) is 5.92 Å². The summed E-state index contributed by atoms with van der Waals surface area (Å²) in [6, 6.07) is 7.33. The number of hydrogen-bond acceptors (Lipinski definition) is 4. The number of carbonyl (C=O) groups is 3. The molecule has 1 aromatic carbocycles. The van der Waals surface area contributed by atoms with Crippen LogP contribution < -0.4 is 4.90 Å². The Morgan fingerprint density at radius 3 is 2.39 bits per heavy atom. The minimum absolute atomic E-state index is 0.0286. The number of amides is 4. The first kappa shape index (κ1) is 20.2. The van der Waals surface area contributed by atoms with Crippen molar-refractivity contribution in [2.45, 2.75) is 32.2 Å². The molecule has 0 bridgehead atoms.